The molecule has 1 aromatic carbocycles. The topological polar surface area (TPSA) is 108 Å². The van der Waals surface area contributed by atoms with Crippen LogP contribution >= 0.6 is 0 Å². The molecule has 3 aromatic heterocycles. The Kier molecular flexibility index (Phi) is 6.31. The van der Waals surface area contributed by atoms with Gasteiger partial charge in [0.05, 0.1) is 18.4 Å². The van der Waals surface area contributed by atoms with Gasteiger partial charge in [0.25, 0.3) is 0 Å². The molecule has 5 rings (SSSR count). The molecule has 2 atom stereocenters. The van der Waals surface area contributed by atoms with Crippen molar-refractivity contribution >= 4 is 10.0 Å². The van der Waals surface area contributed by atoms with E-state index in [2.05, 4.69) is 37.5 Å². The minimum atomic E-state index is -3.44. The molecule has 0 spiro atoms. The Hall–Kier alpha value is -3.63. The van der Waals surface area contributed by atoms with Gasteiger partial charge >= 0.3 is 0 Å². The van der Waals surface area contributed by atoms with Crippen molar-refractivity contribution in [2.24, 2.45) is 7.05 Å². The fourth-order valence-corrected chi connectivity index (χ4v) is 5.29. The van der Waals surface area contributed by atoms with Gasteiger partial charge in [-0.1, -0.05) is 24.8 Å². The number of aryl methyl sites for hydroxylation is 1. The van der Waals surface area contributed by atoms with E-state index in [0.29, 0.717) is 12.2 Å². The molecule has 0 aliphatic heterocycles. The predicted molar refractivity (Wildman–Crippen MR) is 134 cm³/mol. The number of benzene rings is 1. The summed E-state index contributed by atoms with van der Waals surface area (Å²) in [6, 6.07) is 8.10. The third kappa shape index (κ3) is 5.23. The summed E-state index contributed by atoms with van der Waals surface area (Å²) in [6.07, 6.45) is 14.6. The lowest BCUT2D eigenvalue weighted by atomic mass is 9.92. The van der Waals surface area contributed by atoms with Crippen molar-refractivity contribution in [2.45, 2.75) is 37.8 Å². The van der Waals surface area contributed by atoms with E-state index in [4.69, 9.17) is 0 Å². The van der Waals surface area contributed by atoms with Crippen LogP contribution < -0.4 is 4.72 Å². The van der Waals surface area contributed by atoms with Gasteiger partial charge in [-0.05, 0) is 37.3 Å². The summed E-state index contributed by atoms with van der Waals surface area (Å²) in [7, 11) is -1.55. The highest BCUT2D eigenvalue weighted by atomic mass is 32.2. The van der Waals surface area contributed by atoms with Crippen molar-refractivity contribution in [3.63, 3.8) is 0 Å². The van der Waals surface area contributed by atoms with E-state index < -0.39 is 10.0 Å². The molecule has 2 unspecified atom stereocenters. The zero-order valence-electron chi connectivity index (χ0n) is 19.4. The molecule has 35 heavy (non-hydrogen) atoms. The number of nitrogens with zero attached hydrogens (tertiary/aromatic N) is 6. The highest BCUT2D eigenvalue weighted by Crippen LogP contribution is 2.30. The van der Waals surface area contributed by atoms with E-state index in [1.807, 2.05) is 60.9 Å². The van der Waals surface area contributed by atoms with Gasteiger partial charge in [0.1, 0.15) is 0 Å². The number of hydrogen-bond acceptors (Lipinski definition) is 6. The lowest BCUT2D eigenvalue weighted by molar-refractivity contribution is 0.289. The van der Waals surface area contributed by atoms with Gasteiger partial charge in [-0.2, -0.15) is 10.2 Å². The van der Waals surface area contributed by atoms with Crippen LogP contribution in [0.3, 0.4) is 0 Å². The first-order chi connectivity index (χ1) is 16.9. The SMILES string of the molecule is C=CS(=O)(=O)NC1CCCC(n2cc(-c3cnc(-c4cccc(-c5cnn(C)c5)c4)nc3)cn2)C1. The summed E-state index contributed by atoms with van der Waals surface area (Å²) in [6.45, 7) is 3.37. The van der Waals surface area contributed by atoms with Gasteiger partial charge in [0, 0.05) is 65.5 Å². The van der Waals surface area contributed by atoms with E-state index >= 15 is 0 Å². The Morgan fingerprint density at radius 3 is 2.46 bits per heavy atom. The van der Waals surface area contributed by atoms with Gasteiger partial charge in [-0.3, -0.25) is 9.36 Å². The minimum Gasteiger partial charge on any atom is -0.275 e. The molecule has 3 heterocycles. The molecule has 180 valence electrons. The molecule has 1 aliphatic carbocycles. The number of sulfonamides is 1. The molecule has 0 amide bonds. The van der Waals surface area contributed by atoms with Gasteiger partial charge in [0.2, 0.25) is 10.0 Å². The van der Waals surface area contributed by atoms with E-state index in [-0.39, 0.29) is 12.1 Å². The van der Waals surface area contributed by atoms with Crippen LogP contribution in [0.4, 0.5) is 0 Å². The first-order valence-electron chi connectivity index (χ1n) is 11.5. The summed E-state index contributed by atoms with van der Waals surface area (Å²) in [4.78, 5) is 9.19. The third-order valence-electron chi connectivity index (χ3n) is 6.32. The number of rotatable bonds is 7. The van der Waals surface area contributed by atoms with Gasteiger partial charge in [0.15, 0.2) is 5.82 Å². The molecule has 0 radical (unpaired) electrons. The Labute approximate surface area is 204 Å². The molecule has 1 saturated carbocycles. The van der Waals surface area contributed by atoms with Gasteiger partial charge in [-0.25, -0.2) is 23.1 Å². The second-order valence-electron chi connectivity index (χ2n) is 8.83. The minimum absolute atomic E-state index is 0.116. The van der Waals surface area contributed by atoms with Gasteiger partial charge in [-0.15, -0.1) is 0 Å². The van der Waals surface area contributed by atoms with E-state index in [1.165, 1.54) is 0 Å². The average Bonchev–Trinajstić information content (AvgIpc) is 3.54. The highest BCUT2D eigenvalue weighted by molar-refractivity contribution is 7.92. The van der Waals surface area contributed by atoms with Crippen molar-refractivity contribution in [2.75, 3.05) is 0 Å². The monoisotopic (exact) mass is 489 g/mol. The van der Waals surface area contributed by atoms with Crippen LogP contribution in [0, 0.1) is 0 Å². The molecular weight excluding hydrogens is 462 g/mol. The van der Waals surface area contributed by atoms with Crippen LogP contribution in [-0.4, -0.2) is 44.0 Å². The standard InChI is InChI=1S/C25H27N7O2S/c1-3-35(33,34)30-23-8-5-9-24(11-23)32-17-22(15-29-32)20-12-26-25(27-13-20)19-7-4-6-18(10-19)21-14-28-31(2)16-21/h3-4,6-7,10,12-17,23-24,30H,1,5,8-9,11H2,2H3. The summed E-state index contributed by atoms with van der Waals surface area (Å²) in [5.74, 6) is 0.650. The molecule has 1 fully saturated rings. The van der Waals surface area contributed by atoms with Crippen LogP contribution in [-0.2, 0) is 17.1 Å². The van der Waals surface area contributed by atoms with Crippen LogP contribution in [0.15, 0.2) is 73.4 Å². The molecule has 0 bridgehead atoms. The third-order valence-corrected chi connectivity index (χ3v) is 7.42. The zero-order chi connectivity index (χ0) is 24.4. The quantitative estimate of drug-likeness (QED) is 0.421. The predicted octanol–water partition coefficient (Wildman–Crippen LogP) is 3.95. The van der Waals surface area contributed by atoms with Crippen molar-refractivity contribution in [3.8, 4) is 33.6 Å². The maximum atomic E-state index is 11.9. The Morgan fingerprint density at radius 1 is 0.971 bits per heavy atom. The summed E-state index contributed by atoms with van der Waals surface area (Å²) >= 11 is 0. The maximum absolute atomic E-state index is 11.9. The molecule has 0 saturated heterocycles. The van der Waals surface area contributed by atoms with Gasteiger partial charge < -0.3 is 0 Å². The van der Waals surface area contributed by atoms with E-state index in [1.54, 1.807) is 10.9 Å². The normalized spacial score (nSPS) is 18.4. The van der Waals surface area contributed by atoms with Crippen molar-refractivity contribution < 1.29 is 8.42 Å². The Bertz CT molecular complexity index is 1440. The van der Waals surface area contributed by atoms with Crippen LogP contribution in [0.2, 0.25) is 0 Å². The van der Waals surface area contributed by atoms with Crippen LogP contribution in [0.5, 0.6) is 0 Å². The van der Waals surface area contributed by atoms with E-state index in [9.17, 15) is 8.42 Å². The second kappa shape index (κ2) is 9.55. The first-order valence-corrected chi connectivity index (χ1v) is 13.1. The Balaban J connectivity index is 1.30. The fraction of sp³-hybridized carbons (Fsp3) is 0.280. The smallest absolute Gasteiger partial charge is 0.233 e. The molecule has 1 aliphatic rings. The molecule has 1 N–H and O–H groups in total. The average molecular weight is 490 g/mol. The summed E-state index contributed by atoms with van der Waals surface area (Å²) < 4.78 is 30.1. The number of hydrogen-bond donors (Lipinski definition) is 1. The highest BCUT2D eigenvalue weighted by Gasteiger charge is 2.26. The first kappa shape index (κ1) is 23.1. The van der Waals surface area contributed by atoms with Crippen molar-refractivity contribution in [3.05, 3.63) is 73.4 Å². The largest absolute Gasteiger partial charge is 0.275 e. The lowest BCUT2D eigenvalue weighted by Gasteiger charge is -2.29. The zero-order valence-corrected chi connectivity index (χ0v) is 20.3. The summed E-state index contributed by atoms with van der Waals surface area (Å²) in [5, 5.41) is 9.75. The maximum Gasteiger partial charge on any atom is 0.233 e. The molecular formula is C25H27N7O2S. The molecule has 4 aromatic rings. The lowest BCUT2D eigenvalue weighted by Crippen LogP contribution is -2.37. The second-order valence-corrected chi connectivity index (χ2v) is 10.5. The number of nitrogens with one attached hydrogen (secondary N) is 1. The van der Waals surface area contributed by atoms with Crippen molar-refractivity contribution in [1.82, 2.24) is 34.3 Å². The Morgan fingerprint density at radius 2 is 1.71 bits per heavy atom. The molecule has 9 nitrogen and oxygen atoms in total. The van der Waals surface area contributed by atoms with Crippen LogP contribution in [0.1, 0.15) is 31.7 Å². The van der Waals surface area contributed by atoms with E-state index in [0.717, 1.165) is 52.5 Å². The number of aromatic nitrogens is 6. The molecule has 10 heteroatoms. The van der Waals surface area contributed by atoms with Crippen molar-refractivity contribution in [1.29, 1.82) is 0 Å². The van der Waals surface area contributed by atoms with Crippen LogP contribution in [0.25, 0.3) is 33.6 Å². The fourth-order valence-electron chi connectivity index (χ4n) is 4.51. The summed E-state index contributed by atoms with van der Waals surface area (Å²) in [5.41, 5.74) is 4.84.